The summed E-state index contributed by atoms with van der Waals surface area (Å²) in [5.74, 6) is 0.963. The van der Waals surface area contributed by atoms with Gasteiger partial charge in [-0.2, -0.15) is 0 Å². The normalized spacial score (nSPS) is 49.2. The van der Waals surface area contributed by atoms with Gasteiger partial charge >= 0.3 is 0 Å². The van der Waals surface area contributed by atoms with E-state index in [9.17, 15) is 4.39 Å². The Morgan fingerprint density at radius 1 is 1.50 bits per heavy atom. The first-order chi connectivity index (χ1) is 5.57. The molecule has 1 saturated carbocycles. The van der Waals surface area contributed by atoms with Gasteiger partial charge in [0.25, 0.3) is 0 Å². The van der Waals surface area contributed by atoms with E-state index in [2.05, 4.69) is 6.92 Å². The van der Waals surface area contributed by atoms with Crippen molar-refractivity contribution in [3.8, 4) is 0 Å². The third-order valence-electron chi connectivity index (χ3n) is 3.12. The first kappa shape index (κ1) is 10.3. The van der Waals surface area contributed by atoms with Crippen LogP contribution in [0.2, 0.25) is 0 Å². The van der Waals surface area contributed by atoms with Crippen LogP contribution in [0.5, 0.6) is 0 Å². The predicted molar refractivity (Wildman–Crippen MR) is 50.0 cm³/mol. The van der Waals surface area contributed by atoms with Gasteiger partial charge in [0, 0.05) is 0 Å². The van der Waals surface area contributed by atoms with E-state index in [-0.39, 0.29) is 11.3 Å². The Hall–Kier alpha value is 0.180. The van der Waals surface area contributed by atoms with E-state index in [1.165, 1.54) is 0 Å². The molecule has 0 bridgehead atoms. The summed E-state index contributed by atoms with van der Waals surface area (Å²) in [7, 11) is 0. The Labute approximate surface area is 78.5 Å². The zero-order valence-electron chi connectivity index (χ0n) is 7.63. The van der Waals surface area contributed by atoms with Crippen molar-refractivity contribution in [1.82, 2.24) is 0 Å². The third-order valence-corrected chi connectivity index (χ3v) is 3.79. The molecule has 0 aromatic heterocycles. The number of alkyl halides is 2. The lowest BCUT2D eigenvalue weighted by Gasteiger charge is -2.39. The standard InChI is InChI=1S/C9H17ClFN/c1-5-3-8(11)9(10)6(2)7(5)4-12/h5-9H,3-4,12H2,1-2H3. The highest BCUT2D eigenvalue weighted by Crippen LogP contribution is 2.38. The Bertz CT molecular complexity index is 153. The molecule has 0 radical (unpaired) electrons. The highest BCUT2D eigenvalue weighted by Gasteiger charge is 2.39. The maximum Gasteiger partial charge on any atom is 0.117 e. The van der Waals surface area contributed by atoms with Gasteiger partial charge in [0.05, 0.1) is 5.38 Å². The second kappa shape index (κ2) is 3.93. The number of rotatable bonds is 1. The van der Waals surface area contributed by atoms with Crippen LogP contribution in [0.4, 0.5) is 4.39 Å². The summed E-state index contributed by atoms with van der Waals surface area (Å²) in [6, 6.07) is 0. The summed E-state index contributed by atoms with van der Waals surface area (Å²) in [5.41, 5.74) is 5.61. The van der Waals surface area contributed by atoms with Gasteiger partial charge < -0.3 is 5.73 Å². The molecule has 0 heterocycles. The van der Waals surface area contributed by atoms with Gasteiger partial charge in [0.15, 0.2) is 0 Å². The smallest absolute Gasteiger partial charge is 0.117 e. The minimum absolute atomic E-state index is 0.204. The monoisotopic (exact) mass is 193 g/mol. The summed E-state index contributed by atoms with van der Waals surface area (Å²) >= 11 is 5.93. The van der Waals surface area contributed by atoms with Crippen LogP contribution in [0.3, 0.4) is 0 Å². The molecular weight excluding hydrogens is 177 g/mol. The van der Waals surface area contributed by atoms with Gasteiger partial charge in [-0.3, -0.25) is 0 Å². The topological polar surface area (TPSA) is 26.0 Å². The number of nitrogens with two attached hydrogens (primary N) is 1. The first-order valence-corrected chi connectivity index (χ1v) is 4.99. The van der Waals surface area contributed by atoms with Crippen molar-refractivity contribution >= 4 is 11.6 Å². The minimum Gasteiger partial charge on any atom is -0.330 e. The molecule has 3 heteroatoms. The molecule has 1 aliphatic rings. The molecule has 1 nitrogen and oxygen atoms in total. The van der Waals surface area contributed by atoms with Crippen LogP contribution in [0.1, 0.15) is 20.3 Å². The molecule has 1 fully saturated rings. The van der Waals surface area contributed by atoms with Crippen LogP contribution in [0.15, 0.2) is 0 Å². The van der Waals surface area contributed by atoms with Crippen molar-refractivity contribution in [2.45, 2.75) is 31.8 Å². The van der Waals surface area contributed by atoms with Gasteiger partial charge in [-0.15, -0.1) is 11.6 Å². The van der Waals surface area contributed by atoms with Gasteiger partial charge in [-0.05, 0) is 30.7 Å². The Morgan fingerprint density at radius 2 is 2.08 bits per heavy atom. The quantitative estimate of drug-likeness (QED) is 0.635. The van der Waals surface area contributed by atoms with Crippen LogP contribution in [0.25, 0.3) is 0 Å². The summed E-state index contributed by atoms with van der Waals surface area (Å²) in [6.45, 7) is 4.68. The van der Waals surface area contributed by atoms with Crippen molar-refractivity contribution in [3.63, 3.8) is 0 Å². The molecule has 72 valence electrons. The minimum atomic E-state index is -0.848. The molecule has 0 aromatic rings. The molecule has 0 amide bonds. The Balaban J connectivity index is 2.65. The molecule has 5 unspecified atom stereocenters. The highest BCUT2D eigenvalue weighted by atomic mass is 35.5. The van der Waals surface area contributed by atoms with E-state index in [4.69, 9.17) is 17.3 Å². The van der Waals surface area contributed by atoms with Crippen LogP contribution < -0.4 is 5.73 Å². The van der Waals surface area contributed by atoms with Crippen LogP contribution in [-0.2, 0) is 0 Å². The number of halogens is 2. The fraction of sp³-hybridized carbons (Fsp3) is 1.00. The van der Waals surface area contributed by atoms with Crippen molar-refractivity contribution < 1.29 is 4.39 Å². The number of hydrogen-bond donors (Lipinski definition) is 1. The second-order valence-corrected chi connectivity index (χ2v) is 4.44. The average Bonchev–Trinajstić information content (AvgIpc) is 2.01. The zero-order valence-corrected chi connectivity index (χ0v) is 8.39. The van der Waals surface area contributed by atoms with Gasteiger partial charge in [0.1, 0.15) is 6.17 Å². The Kier molecular flexibility index (Phi) is 3.36. The van der Waals surface area contributed by atoms with Gasteiger partial charge in [-0.1, -0.05) is 13.8 Å². The lowest BCUT2D eigenvalue weighted by atomic mass is 9.72. The maximum atomic E-state index is 13.2. The van der Waals surface area contributed by atoms with E-state index >= 15 is 0 Å². The summed E-state index contributed by atoms with van der Waals surface area (Å²) in [4.78, 5) is 0. The van der Waals surface area contributed by atoms with E-state index in [1.54, 1.807) is 0 Å². The lowest BCUT2D eigenvalue weighted by Crippen LogP contribution is -2.43. The van der Waals surface area contributed by atoms with Gasteiger partial charge in [-0.25, -0.2) is 4.39 Å². The lowest BCUT2D eigenvalue weighted by molar-refractivity contribution is 0.108. The van der Waals surface area contributed by atoms with Crippen molar-refractivity contribution in [2.75, 3.05) is 6.54 Å². The van der Waals surface area contributed by atoms with Crippen molar-refractivity contribution in [2.24, 2.45) is 23.5 Å². The van der Waals surface area contributed by atoms with E-state index < -0.39 is 6.17 Å². The summed E-state index contributed by atoms with van der Waals surface area (Å²) < 4.78 is 13.2. The highest BCUT2D eigenvalue weighted by molar-refractivity contribution is 6.21. The number of hydrogen-bond acceptors (Lipinski definition) is 1. The van der Waals surface area contributed by atoms with Gasteiger partial charge in [0.2, 0.25) is 0 Å². The average molecular weight is 194 g/mol. The van der Waals surface area contributed by atoms with Crippen molar-refractivity contribution in [1.29, 1.82) is 0 Å². The fourth-order valence-electron chi connectivity index (χ4n) is 2.19. The second-order valence-electron chi connectivity index (χ2n) is 3.93. The van der Waals surface area contributed by atoms with Crippen LogP contribution >= 0.6 is 11.6 Å². The first-order valence-electron chi connectivity index (χ1n) is 4.56. The maximum absolute atomic E-state index is 13.2. The summed E-state index contributed by atoms with van der Waals surface area (Å²) in [6.07, 6.45) is -0.278. The molecule has 0 spiro atoms. The SMILES string of the molecule is CC1CC(F)C(Cl)C(C)C1CN. The zero-order chi connectivity index (χ0) is 9.30. The third kappa shape index (κ3) is 1.74. The molecule has 2 N–H and O–H groups in total. The van der Waals surface area contributed by atoms with Crippen molar-refractivity contribution in [3.05, 3.63) is 0 Å². The van der Waals surface area contributed by atoms with E-state index in [1.807, 2.05) is 6.92 Å². The molecular formula is C9H17ClFN. The van der Waals surface area contributed by atoms with Crippen LogP contribution in [-0.4, -0.2) is 18.1 Å². The Morgan fingerprint density at radius 3 is 2.58 bits per heavy atom. The molecule has 0 aliphatic heterocycles. The molecule has 1 aliphatic carbocycles. The largest absolute Gasteiger partial charge is 0.330 e. The molecule has 12 heavy (non-hydrogen) atoms. The van der Waals surface area contributed by atoms with E-state index in [0.717, 1.165) is 0 Å². The van der Waals surface area contributed by atoms with Crippen LogP contribution in [0, 0.1) is 17.8 Å². The molecule has 1 rings (SSSR count). The molecule has 0 saturated heterocycles. The summed E-state index contributed by atoms with van der Waals surface area (Å²) in [5, 5.41) is -0.338. The fourth-order valence-corrected chi connectivity index (χ4v) is 2.48. The van der Waals surface area contributed by atoms with E-state index in [0.29, 0.717) is 24.8 Å². The predicted octanol–water partition coefficient (Wildman–Crippen LogP) is 2.18. The molecule has 0 aromatic carbocycles. The molecule has 5 atom stereocenters.